The lowest BCUT2D eigenvalue weighted by Gasteiger charge is -2.08. The molecule has 0 radical (unpaired) electrons. The Morgan fingerprint density at radius 2 is 2.39 bits per heavy atom. The molecule has 0 aromatic carbocycles. The van der Waals surface area contributed by atoms with E-state index < -0.39 is 0 Å². The number of nitrogens with one attached hydrogen (secondary N) is 1. The monoisotopic (exact) mass is 253 g/mol. The smallest absolute Gasteiger partial charge is 0.129 e. The van der Waals surface area contributed by atoms with E-state index in [0.717, 1.165) is 31.8 Å². The van der Waals surface area contributed by atoms with Gasteiger partial charge in [0.1, 0.15) is 12.4 Å². The summed E-state index contributed by atoms with van der Waals surface area (Å²) in [6.07, 6.45) is 4.34. The van der Waals surface area contributed by atoms with Gasteiger partial charge in [0.25, 0.3) is 0 Å². The zero-order chi connectivity index (χ0) is 12.8. The van der Waals surface area contributed by atoms with Crippen molar-refractivity contribution in [2.45, 2.75) is 52.0 Å². The summed E-state index contributed by atoms with van der Waals surface area (Å²) < 4.78 is 16.6. The van der Waals surface area contributed by atoms with Crippen molar-refractivity contribution >= 4 is 0 Å². The Labute approximate surface area is 109 Å². The molecule has 1 fully saturated rings. The van der Waals surface area contributed by atoms with E-state index in [2.05, 4.69) is 19.2 Å². The van der Waals surface area contributed by atoms with Crippen molar-refractivity contribution in [1.82, 2.24) is 5.32 Å². The second kappa shape index (κ2) is 6.92. The lowest BCUT2D eigenvalue weighted by molar-refractivity contribution is 0.00581. The van der Waals surface area contributed by atoms with Crippen LogP contribution < -0.4 is 5.32 Å². The summed E-state index contributed by atoms with van der Waals surface area (Å²) in [5, 5.41) is 3.36. The average Bonchev–Trinajstić information content (AvgIpc) is 2.97. The van der Waals surface area contributed by atoms with Gasteiger partial charge < -0.3 is 19.2 Å². The molecule has 0 amide bonds. The number of hydrogen-bond donors (Lipinski definition) is 1. The van der Waals surface area contributed by atoms with Crippen LogP contribution in [0.1, 0.15) is 38.0 Å². The summed E-state index contributed by atoms with van der Waals surface area (Å²) in [4.78, 5) is 0. The van der Waals surface area contributed by atoms with Gasteiger partial charge >= 0.3 is 0 Å². The van der Waals surface area contributed by atoms with Crippen molar-refractivity contribution in [3.05, 3.63) is 23.7 Å². The van der Waals surface area contributed by atoms with Crippen LogP contribution >= 0.6 is 0 Å². The Kier molecular flexibility index (Phi) is 5.23. The fourth-order valence-electron chi connectivity index (χ4n) is 1.98. The highest BCUT2D eigenvalue weighted by molar-refractivity contribution is 5.12. The number of rotatable bonds is 7. The van der Waals surface area contributed by atoms with Crippen LogP contribution in [-0.4, -0.2) is 25.4 Å². The van der Waals surface area contributed by atoms with Crippen molar-refractivity contribution < 1.29 is 13.9 Å². The molecule has 1 saturated heterocycles. The van der Waals surface area contributed by atoms with Gasteiger partial charge in [-0.15, -0.1) is 0 Å². The van der Waals surface area contributed by atoms with Gasteiger partial charge in [-0.3, -0.25) is 0 Å². The van der Waals surface area contributed by atoms with Crippen LogP contribution in [0.5, 0.6) is 0 Å². The van der Waals surface area contributed by atoms with Gasteiger partial charge in [0.2, 0.25) is 0 Å². The van der Waals surface area contributed by atoms with Gasteiger partial charge in [-0.25, -0.2) is 0 Å². The molecule has 2 rings (SSSR count). The average molecular weight is 253 g/mol. The Morgan fingerprint density at radius 3 is 3.11 bits per heavy atom. The number of ether oxygens (including phenoxy) is 2. The van der Waals surface area contributed by atoms with Gasteiger partial charge in [-0.05, 0) is 18.9 Å². The van der Waals surface area contributed by atoms with Crippen LogP contribution in [0.3, 0.4) is 0 Å². The summed E-state index contributed by atoms with van der Waals surface area (Å²) in [7, 11) is 0. The highest BCUT2D eigenvalue weighted by Gasteiger charge is 2.15. The lowest BCUT2D eigenvalue weighted by Crippen LogP contribution is -2.21. The molecule has 18 heavy (non-hydrogen) atoms. The van der Waals surface area contributed by atoms with E-state index in [-0.39, 0.29) is 6.10 Å². The fraction of sp³-hybridized carbons (Fsp3) is 0.714. The predicted molar refractivity (Wildman–Crippen MR) is 69.3 cm³/mol. The van der Waals surface area contributed by atoms with Crippen molar-refractivity contribution in [2.24, 2.45) is 0 Å². The zero-order valence-corrected chi connectivity index (χ0v) is 11.3. The first-order valence-electron chi connectivity index (χ1n) is 6.73. The molecule has 1 atom stereocenters. The lowest BCUT2D eigenvalue weighted by atomic mass is 10.2. The van der Waals surface area contributed by atoms with E-state index in [0.29, 0.717) is 19.3 Å². The minimum Gasteiger partial charge on any atom is -0.467 e. The van der Waals surface area contributed by atoms with Crippen molar-refractivity contribution in [3.8, 4) is 0 Å². The summed E-state index contributed by atoms with van der Waals surface area (Å²) >= 11 is 0. The minimum absolute atomic E-state index is 0.280. The van der Waals surface area contributed by atoms with Crippen molar-refractivity contribution in [3.63, 3.8) is 0 Å². The van der Waals surface area contributed by atoms with Gasteiger partial charge in [0, 0.05) is 24.8 Å². The molecule has 0 aliphatic carbocycles. The SMILES string of the molecule is CC(C)NCc1coc(COCC2CCCO2)c1. The van der Waals surface area contributed by atoms with E-state index in [4.69, 9.17) is 13.9 Å². The molecular weight excluding hydrogens is 230 g/mol. The molecule has 0 spiro atoms. The quantitative estimate of drug-likeness (QED) is 0.810. The molecule has 0 saturated carbocycles. The van der Waals surface area contributed by atoms with E-state index >= 15 is 0 Å². The third-order valence-corrected chi connectivity index (χ3v) is 2.99. The second-order valence-corrected chi connectivity index (χ2v) is 5.11. The summed E-state index contributed by atoms with van der Waals surface area (Å²) in [5.74, 6) is 0.883. The predicted octanol–water partition coefficient (Wildman–Crippen LogP) is 2.47. The number of furan rings is 1. The maximum Gasteiger partial charge on any atom is 0.129 e. The first-order chi connectivity index (χ1) is 8.74. The molecule has 4 heteroatoms. The van der Waals surface area contributed by atoms with Gasteiger partial charge in [0.15, 0.2) is 0 Å². The third kappa shape index (κ3) is 4.44. The summed E-state index contributed by atoms with van der Waals surface area (Å²) in [6.45, 7) is 7.17. The summed E-state index contributed by atoms with van der Waals surface area (Å²) in [6, 6.07) is 2.53. The van der Waals surface area contributed by atoms with Gasteiger partial charge in [-0.2, -0.15) is 0 Å². The van der Waals surface area contributed by atoms with Crippen LogP contribution in [0.2, 0.25) is 0 Å². The molecule has 2 heterocycles. The van der Waals surface area contributed by atoms with Crippen LogP contribution in [0, 0.1) is 0 Å². The molecule has 102 valence electrons. The van der Waals surface area contributed by atoms with E-state index in [9.17, 15) is 0 Å². The standard InChI is InChI=1S/C14H23NO3/c1-11(2)15-7-12-6-14(18-8-12)10-16-9-13-4-3-5-17-13/h6,8,11,13,15H,3-5,7,9-10H2,1-2H3. The first kappa shape index (κ1) is 13.6. The molecule has 0 bridgehead atoms. The van der Waals surface area contributed by atoms with Gasteiger partial charge in [-0.1, -0.05) is 13.8 Å². The maximum absolute atomic E-state index is 5.60. The van der Waals surface area contributed by atoms with E-state index in [1.165, 1.54) is 5.56 Å². The normalized spacial score (nSPS) is 19.8. The molecule has 1 aliphatic rings. The summed E-state index contributed by atoms with van der Waals surface area (Å²) in [5.41, 5.74) is 1.17. The van der Waals surface area contributed by atoms with E-state index in [1.54, 1.807) is 6.26 Å². The molecule has 1 unspecified atom stereocenters. The molecule has 1 aromatic heterocycles. The molecule has 1 N–H and O–H groups in total. The topological polar surface area (TPSA) is 43.6 Å². The fourth-order valence-corrected chi connectivity index (χ4v) is 1.98. The third-order valence-electron chi connectivity index (χ3n) is 2.99. The molecule has 1 aliphatic heterocycles. The molecule has 4 nitrogen and oxygen atoms in total. The Hall–Kier alpha value is -0.840. The maximum atomic E-state index is 5.60. The highest BCUT2D eigenvalue weighted by atomic mass is 16.5. The second-order valence-electron chi connectivity index (χ2n) is 5.11. The highest BCUT2D eigenvalue weighted by Crippen LogP contribution is 2.14. The Morgan fingerprint density at radius 1 is 1.50 bits per heavy atom. The Balaban J connectivity index is 1.66. The van der Waals surface area contributed by atoms with Crippen LogP contribution in [0.25, 0.3) is 0 Å². The Bertz CT molecular complexity index is 343. The van der Waals surface area contributed by atoms with Gasteiger partial charge in [0.05, 0.1) is 19.0 Å². The molecular formula is C14H23NO3. The largest absolute Gasteiger partial charge is 0.467 e. The van der Waals surface area contributed by atoms with Crippen molar-refractivity contribution in [2.75, 3.05) is 13.2 Å². The molecule has 1 aromatic rings. The van der Waals surface area contributed by atoms with Crippen molar-refractivity contribution in [1.29, 1.82) is 0 Å². The van der Waals surface area contributed by atoms with E-state index in [1.807, 2.05) is 6.07 Å². The minimum atomic E-state index is 0.280. The first-order valence-corrected chi connectivity index (χ1v) is 6.73. The van der Waals surface area contributed by atoms with Crippen LogP contribution in [0.15, 0.2) is 16.7 Å². The van der Waals surface area contributed by atoms with Crippen LogP contribution in [-0.2, 0) is 22.6 Å². The zero-order valence-electron chi connectivity index (χ0n) is 11.3. The van der Waals surface area contributed by atoms with Crippen LogP contribution in [0.4, 0.5) is 0 Å². The number of hydrogen-bond acceptors (Lipinski definition) is 4.